The first kappa shape index (κ1) is 19.7. The number of pyridine rings is 2. The van der Waals surface area contributed by atoms with Crippen LogP contribution in [0.3, 0.4) is 0 Å². The minimum atomic E-state index is -0.376. The van der Waals surface area contributed by atoms with Crippen LogP contribution in [0.1, 0.15) is 15.9 Å². The van der Waals surface area contributed by atoms with Gasteiger partial charge in [-0.25, -0.2) is 10.4 Å². The molecule has 3 rings (SSSR count). The number of rotatable bonds is 7. The lowest BCUT2D eigenvalue weighted by Crippen LogP contribution is -2.21. The summed E-state index contributed by atoms with van der Waals surface area (Å²) in [6.45, 7) is 0.0216. The number of aliphatic imine (C=N–C) groups is 1. The summed E-state index contributed by atoms with van der Waals surface area (Å²) in [6.07, 6.45) is 8.00. The molecular weight excluding hydrogens is 370 g/mol. The van der Waals surface area contributed by atoms with E-state index >= 15 is 0 Å². The zero-order valence-corrected chi connectivity index (χ0v) is 15.7. The van der Waals surface area contributed by atoms with Crippen molar-refractivity contribution in [2.24, 2.45) is 10.1 Å². The topological polar surface area (TPSA) is 98.1 Å². The molecule has 0 unspecified atom stereocenters. The van der Waals surface area contributed by atoms with Crippen molar-refractivity contribution in [1.82, 2.24) is 15.4 Å². The molecule has 8 heteroatoms. The van der Waals surface area contributed by atoms with E-state index in [1.807, 2.05) is 18.2 Å². The van der Waals surface area contributed by atoms with Crippen LogP contribution in [0.15, 0.2) is 83.4 Å². The molecule has 146 valence electrons. The Bertz CT molecular complexity index is 991. The number of nitrogens with one attached hydrogen (secondary N) is 1. The minimum absolute atomic E-state index is 0.0216. The van der Waals surface area contributed by atoms with Gasteiger partial charge in [0.05, 0.1) is 7.11 Å². The monoisotopic (exact) mass is 389 g/mol. The van der Waals surface area contributed by atoms with Crippen LogP contribution in [0, 0.1) is 0 Å². The molecule has 0 bridgehead atoms. The third-order valence-corrected chi connectivity index (χ3v) is 3.70. The number of carbonyl (C=O) groups is 1. The van der Waals surface area contributed by atoms with Crippen LogP contribution in [-0.2, 0) is 0 Å². The normalized spacial score (nSPS) is 11.3. The highest BCUT2D eigenvalue weighted by molar-refractivity contribution is 5.98. The second-order valence-corrected chi connectivity index (χ2v) is 5.69. The van der Waals surface area contributed by atoms with E-state index in [-0.39, 0.29) is 18.3 Å². The Morgan fingerprint density at radius 2 is 1.83 bits per heavy atom. The Morgan fingerprint density at radius 1 is 1.03 bits per heavy atom. The number of ether oxygens (including phenoxy) is 2. The molecule has 1 aromatic carbocycles. The van der Waals surface area contributed by atoms with Crippen molar-refractivity contribution in [3.05, 3.63) is 84.4 Å². The molecule has 0 saturated heterocycles. The maximum atomic E-state index is 12.2. The van der Waals surface area contributed by atoms with Crippen LogP contribution in [0.25, 0.3) is 0 Å². The largest absolute Gasteiger partial charge is 0.493 e. The average Bonchev–Trinajstić information content (AvgIpc) is 2.79. The molecular formula is C21H19N5O3. The first-order chi connectivity index (χ1) is 14.3. The summed E-state index contributed by atoms with van der Waals surface area (Å²) >= 11 is 0. The van der Waals surface area contributed by atoms with Gasteiger partial charge in [0.25, 0.3) is 5.91 Å². The maximum absolute atomic E-state index is 12.2. The molecule has 29 heavy (non-hydrogen) atoms. The van der Waals surface area contributed by atoms with Crippen LogP contribution in [-0.4, -0.2) is 41.6 Å². The Balaban J connectivity index is 1.75. The Morgan fingerprint density at radius 3 is 2.55 bits per heavy atom. The van der Waals surface area contributed by atoms with Crippen molar-refractivity contribution >= 4 is 18.0 Å². The van der Waals surface area contributed by atoms with Crippen LogP contribution >= 0.6 is 0 Å². The van der Waals surface area contributed by atoms with Gasteiger partial charge in [-0.3, -0.25) is 14.8 Å². The number of para-hydroxylation sites is 2. The van der Waals surface area contributed by atoms with Gasteiger partial charge < -0.3 is 9.47 Å². The number of amidine groups is 1. The lowest BCUT2D eigenvalue weighted by Gasteiger charge is -2.10. The fraction of sp³-hybridized carbons (Fsp3) is 0.0952. The third-order valence-electron chi connectivity index (χ3n) is 3.70. The van der Waals surface area contributed by atoms with Crippen molar-refractivity contribution in [2.45, 2.75) is 0 Å². The summed E-state index contributed by atoms with van der Waals surface area (Å²) in [7, 11) is 1.56. The molecule has 0 saturated carbocycles. The lowest BCUT2D eigenvalue weighted by molar-refractivity contribution is 0.0954. The van der Waals surface area contributed by atoms with Gasteiger partial charge in [0, 0.05) is 42.1 Å². The maximum Gasteiger partial charge on any atom is 0.271 e. The first-order valence-electron chi connectivity index (χ1n) is 8.73. The summed E-state index contributed by atoms with van der Waals surface area (Å²) in [5.41, 5.74) is 3.71. The average molecular weight is 389 g/mol. The molecule has 0 spiro atoms. The number of nitrogens with zero attached hydrogens (tertiary/aromatic N) is 4. The standard InChI is InChI=1S/C21H19N5O3/c1-28-18-6-2-3-7-19(18)29-15-20(24-14-16-5-4-10-23-13-16)25-26-21(27)17-8-11-22-12-9-17/h2-14H,15H2,1H3,(H,26,27)/b24-14?,25-20-. The summed E-state index contributed by atoms with van der Waals surface area (Å²) in [6, 6.07) is 14.1. The molecule has 2 aromatic heterocycles. The number of hydrogen-bond donors (Lipinski definition) is 1. The van der Waals surface area contributed by atoms with Crippen LogP contribution < -0.4 is 14.9 Å². The van der Waals surface area contributed by atoms with Crippen LogP contribution in [0.5, 0.6) is 11.5 Å². The first-order valence-corrected chi connectivity index (χ1v) is 8.73. The van der Waals surface area contributed by atoms with Gasteiger partial charge >= 0.3 is 0 Å². The number of aromatic nitrogens is 2. The highest BCUT2D eigenvalue weighted by Crippen LogP contribution is 2.25. The summed E-state index contributed by atoms with van der Waals surface area (Å²) < 4.78 is 11.0. The van der Waals surface area contributed by atoms with E-state index in [1.54, 1.807) is 56.0 Å². The second kappa shape index (κ2) is 10.3. The molecule has 1 N–H and O–H groups in total. The predicted octanol–water partition coefficient (Wildman–Crippen LogP) is 2.73. The third kappa shape index (κ3) is 5.96. The Labute approximate surface area is 168 Å². The Hall–Kier alpha value is -4.07. The van der Waals surface area contributed by atoms with Crippen molar-refractivity contribution < 1.29 is 14.3 Å². The van der Waals surface area contributed by atoms with Crippen molar-refractivity contribution in [3.63, 3.8) is 0 Å². The smallest absolute Gasteiger partial charge is 0.271 e. The molecule has 0 aliphatic heterocycles. The van der Waals surface area contributed by atoms with Gasteiger partial charge in [0.15, 0.2) is 17.3 Å². The number of benzene rings is 1. The highest BCUT2D eigenvalue weighted by atomic mass is 16.5. The van der Waals surface area contributed by atoms with E-state index in [4.69, 9.17) is 9.47 Å². The number of methoxy groups -OCH3 is 1. The fourth-order valence-corrected chi connectivity index (χ4v) is 2.26. The van der Waals surface area contributed by atoms with E-state index in [0.717, 1.165) is 5.56 Å². The molecule has 0 atom stereocenters. The van der Waals surface area contributed by atoms with E-state index in [2.05, 4.69) is 25.5 Å². The lowest BCUT2D eigenvalue weighted by atomic mass is 10.3. The number of hydrazone groups is 1. The zero-order chi connectivity index (χ0) is 20.3. The van der Waals surface area contributed by atoms with Gasteiger partial charge in [-0.1, -0.05) is 18.2 Å². The van der Waals surface area contributed by atoms with E-state index in [9.17, 15) is 4.79 Å². The van der Waals surface area contributed by atoms with E-state index in [0.29, 0.717) is 17.1 Å². The van der Waals surface area contributed by atoms with Gasteiger partial charge in [-0.05, 0) is 30.3 Å². The summed E-state index contributed by atoms with van der Waals surface area (Å²) in [5.74, 6) is 1.02. The van der Waals surface area contributed by atoms with Gasteiger partial charge in [-0.2, -0.15) is 5.10 Å². The molecule has 2 heterocycles. The van der Waals surface area contributed by atoms with Crippen LogP contribution in [0.2, 0.25) is 0 Å². The number of hydrogen-bond acceptors (Lipinski definition) is 6. The molecule has 8 nitrogen and oxygen atoms in total. The zero-order valence-electron chi connectivity index (χ0n) is 15.7. The predicted molar refractivity (Wildman–Crippen MR) is 109 cm³/mol. The quantitative estimate of drug-likeness (QED) is 0.381. The SMILES string of the molecule is COc1ccccc1OC/C(N=Cc1cccnc1)=N/NC(=O)c1ccncc1. The number of carbonyl (C=O) groups excluding carboxylic acids is 1. The fourth-order valence-electron chi connectivity index (χ4n) is 2.26. The van der Waals surface area contributed by atoms with Crippen LogP contribution in [0.4, 0.5) is 0 Å². The molecule has 3 aromatic rings. The van der Waals surface area contributed by atoms with Gasteiger partial charge in [-0.15, -0.1) is 0 Å². The molecule has 1 amide bonds. The highest BCUT2D eigenvalue weighted by Gasteiger charge is 2.07. The Kier molecular flexibility index (Phi) is 7.00. The molecule has 0 fully saturated rings. The summed E-state index contributed by atoms with van der Waals surface area (Å²) in [4.78, 5) is 24.5. The molecule has 0 aliphatic rings. The van der Waals surface area contributed by atoms with Gasteiger partial charge in [0.2, 0.25) is 0 Å². The van der Waals surface area contributed by atoms with Gasteiger partial charge in [0.1, 0.15) is 6.61 Å². The molecule has 0 aliphatic carbocycles. The van der Waals surface area contributed by atoms with Crippen molar-refractivity contribution in [2.75, 3.05) is 13.7 Å². The second-order valence-electron chi connectivity index (χ2n) is 5.69. The molecule has 0 radical (unpaired) electrons. The number of amides is 1. The van der Waals surface area contributed by atoms with E-state index in [1.165, 1.54) is 12.4 Å². The minimum Gasteiger partial charge on any atom is -0.493 e. The van der Waals surface area contributed by atoms with Crippen molar-refractivity contribution in [1.29, 1.82) is 0 Å². The van der Waals surface area contributed by atoms with Crippen molar-refractivity contribution in [3.8, 4) is 11.5 Å². The van der Waals surface area contributed by atoms with E-state index < -0.39 is 0 Å². The summed E-state index contributed by atoms with van der Waals surface area (Å²) in [5, 5.41) is 4.10.